The minimum Gasteiger partial charge on any atom is -0.478 e. The largest absolute Gasteiger partial charge is 0.478 e. The maximum absolute atomic E-state index is 13.1. The third-order valence-electron chi connectivity index (χ3n) is 5.04. The maximum Gasteiger partial charge on any atom is 0.349 e. The van der Waals surface area contributed by atoms with E-state index in [1.165, 1.54) is 24.3 Å². The second-order valence-corrected chi connectivity index (χ2v) is 8.09. The van der Waals surface area contributed by atoms with Crippen LogP contribution in [0.25, 0.3) is 0 Å². The number of nitrogens with one attached hydrogen (secondary N) is 1. The lowest BCUT2D eigenvalue weighted by molar-refractivity contribution is -0.157. The van der Waals surface area contributed by atoms with Crippen LogP contribution in [0, 0.1) is 20.8 Å². The van der Waals surface area contributed by atoms with E-state index in [0.29, 0.717) is 5.69 Å². The number of esters is 2. The predicted molar refractivity (Wildman–Crippen MR) is 128 cm³/mol. The molecule has 3 aromatic carbocycles. The summed E-state index contributed by atoms with van der Waals surface area (Å²) in [6, 6.07) is 19.5. The molecule has 2 atom stereocenters. The number of ether oxygens (including phenoxy) is 2. The Balaban J connectivity index is 1.92. The van der Waals surface area contributed by atoms with E-state index in [0.717, 1.165) is 16.7 Å². The lowest BCUT2D eigenvalue weighted by Crippen LogP contribution is -2.48. The number of aryl methyl sites for hydroxylation is 3. The molecule has 2 N–H and O–H groups in total. The molecule has 3 rings (SSSR count). The number of carboxylic acid groups (broad SMARTS) is 1. The summed E-state index contributed by atoms with van der Waals surface area (Å²) < 4.78 is 10.5. The van der Waals surface area contributed by atoms with E-state index in [1.807, 2.05) is 13.0 Å². The highest BCUT2D eigenvalue weighted by Crippen LogP contribution is 2.17. The van der Waals surface area contributed by atoms with Crippen LogP contribution in [0.15, 0.2) is 72.8 Å². The van der Waals surface area contributed by atoms with Crippen molar-refractivity contribution in [2.24, 2.45) is 0 Å². The molecule has 8 heteroatoms. The summed E-state index contributed by atoms with van der Waals surface area (Å²) in [5.74, 6) is -4.51. The number of rotatable bonds is 8. The summed E-state index contributed by atoms with van der Waals surface area (Å²) in [4.78, 5) is 50.7. The van der Waals surface area contributed by atoms with Gasteiger partial charge in [-0.25, -0.2) is 14.4 Å². The molecule has 35 heavy (non-hydrogen) atoms. The second-order valence-electron chi connectivity index (χ2n) is 8.09. The molecular weight excluding hydrogens is 450 g/mol. The molecule has 8 nitrogen and oxygen atoms in total. The topological polar surface area (TPSA) is 119 Å². The molecule has 0 aromatic heterocycles. The van der Waals surface area contributed by atoms with E-state index in [4.69, 9.17) is 9.47 Å². The summed E-state index contributed by atoms with van der Waals surface area (Å²) in [6.45, 7) is 5.34. The average molecular weight is 475 g/mol. The molecular formula is C27H25NO7. The van der Waals surface area contributed by atoms with Crippen LogP contribution in [0.5, 0.6) is 0 Å². The Morgan fingerprint density at radius 3 is 1.60 bits per heavy atom. The fourth-order valence-corrected chi connectivity index (χ4v) is 3.34. The first-order valence-electron chi connectivity index (χ1n) is 10.8. The third kappa shape index (κ3) is 6.77. The van der Waals surface area contributed by atoms with Gasteiger partial charge in [-0.1, -0.05) is 47.5 Å². The van der Waals surface area contributed by atoms with Crippen molar-refractivity contribution in [3.05, 3.63) is 101 Å². The van der Waals surface area contributed by atoms with Gasteiger partial charge in [-0.2, -0.15) is 0 Å². The maximum atomic E-state index is 13.1. The molecule has 0 unspecified atom stereocenters. The highest BCUT2D eigenvalue weighted by molar-refractivity contribution is 6.01. The minimum absolute atomic E-state index is 0.0964. The van der Waals surface area contributed by atoms with Gasteiger partial charge in [0.1, 0.15) is 0 Å². The van der Waals surface area contributed by atoms with Gasteiger partial charge in [-0.05, 0) is 62.7 Å². The van der Waals surface area contributed by atoms with E-state index >= 15 is 0 Å². The first kappa shape index (κ1) is 25.2. The number of aliphatic carboxylic acids is 1. The number of hydrogen-bond acceptors (Lipinski definition) is 6. The number of anilines is 1. The number of hydrogen-bond donors (Lipinski definition) is 2. The summed E-state index contributed by atoms with van der Waals surface area (Å²) >= 11 is 0. The minimum atomic E-state index is -2.10. The van der Waals surface area contributed by atoms with Gasteiger partial charge < -0.3 is 19.9 Å². The first-order chi connectivity index (χ1) is 16.6. The Bertz CT molecular complexity index is 1270. The number of benzene rings is 3. The third-order valence-corrected chi connectivity index (χ3v) is 5.04. The molecule has 0 aliphatic heterocycles. The number of carbonyl (C=O) groups excluding carboxylic acids is 3. The number of amides is 1. The molecule has 0 bridgehead atoms. The highest BCUT2D eigenvalue weighted by atomic mass is 16.6. The van der Waals surface area contributed by atoms with E-state index < -0.39 is 36.0 Å². The van der Waals surface area contributed by atoms with Gasteiger partial charge in [0.15, 0.2) is 0 Å². The van der Waals surface area contributed by atoms with Crippen molar-refractivity contribution in [1.29, 1.82) is 0 Å². The molecule has 0 spiro atoms. The quantitative estimate of drug-likeness (QED) is 0.471. The van der Waals surface area contributed by atoms with Crippen LogP contribution < -0.4 is 5.32 Å². The average Bonchev–Trinajstić information content (AvgIpc) is 2.80. The molecule has 0 aliphatic carbocycles. The zero-order valence-electron chi connectivity index (χ0n) is 19.5. The van der Waals surface area contributed by atoms with Crippen LogP contribution in [-0.2, 0) is 19.1 Å². The van der Waals surface area contributed by atoms with Crippen molar-refractivity contribution in [2.75, 3.05) is 5.32 Å². The van der Waals surface area contributed by atoms with Crippen molar-refractivity contribution >= 4 is 29.5 Å². The highest BCUT2D eigenvalue weighted by Gasteiger charge is 2.41. The van der Waals surface area contributed by atoms with Gasteiger partial charge in [-0.3, -0.25) is 4.79 Å². The van der Waals surface area contributed by atoms with Gasteiger partial charge >= 0.3 is 17.9 Å². The molecule has 0 saturated heterocycles. The van der Waals surface area contributed by atoms with Crippen LogP contribution in [-0.4, -0.2) is 41.1 Å². The summed E-state index contributed by atoms with van der Waals surface area (Å²) in [7, 11) is 0. The Morgan fingerprint density at radius 2 is 1.14 bits per heavy atom. The van der Waals surface area contributed by atoms with Crippen molar-refractivity contribution in [3.63, 3.8) is 0 Å². The molecule has 0 saturated carbocycles. The molecule has 180 valence electrons. The molecule has 1 amide bonds. The normalized spacial score (nSPS) is 12.2. The van der Waals surface area contributed by atoms with Gasteiger partial charge in [0.25, 0.3) is 5.91 Å². The van der Waals surface area contributed by atoms with Crippen LogP contribution in [0.4, 0.5) is 5.69 Å². The fraction of sp³-hybridized carbons (Fsp3) is 0.185. The van der Waals surface area contributed by atoms with Crippen molar-refractivity contribution < 1.29 is 33.8 Å². The van der Waals surface area contributed by atoms with Crippen LogP contribution in [0.2, 0.25) is 0 Å². The van der Waals surface area contributed by atoms with E-state index in [-0.39, 0.29) is 11.1 Å². The summed E-state index contributed by atoms with van der Waals surface area (Å²) in [6.07, 6.45) is -4.06. The summed E-state index contributed by atoms with van der Waals surface area (Å²) in [5, 5.41) is 12.4. The molecule has 0 radical (unpaired) electrons. The zero-order chi connectivity index (χ0) is 25.5. The molecule has 0 aliphatic rings. The zero-order valence-corrected chi connectivity index (χ0v) is 19.5. The van der Waals surface area contributed by atoms with E-state index in [2.05, 4.69) is 5.32 Å². The van der Waals surface area contributed by atoms with Crippen LogP contribution >= 0.6 is 0 Å². The monoisotopic (exact) mass is 475 g/mol. The van der Waals surface area contributed by atoms with Crippen LogP contribution in [0.1, 0.15) is 37.4 Å². The van der Waals surface area contributed by atoms with Crippen molar-refractivity contribution in [1.82, 2.24) is 0 Å². The lowest BCUT2D eigenvalue weighted by atomic mass is 10.1. The Hall–Kier alpha value is -4.46. The summed E-state index contributed by atoms with van der Waals surface area (Å²) in [5.41, 5.74) is 2.94. The Morgan fingerprint density at radius 1 is 0.686 bits per heavy atom. The van der Waals surface area contributed by atoms with Gasteiger partial charge in [-0.15, -0.1) is 0 Å². The smallest absolute Gasteiger partial charge is 0.349 e. The van der Waals surface area contributed by atoms with Gasteiger partial charge in [0.2, 0.25) is 12.2 Å². The first-order valence-corrected chi connectivity index (χ1v) is 10.8. The van der Waals surface area contributed by atoms with Gasteiger partial charge in [0.05, 0.1) is 11.1 Å². The van der Waals surface area contributed by atoms with E-state index in [9.17, 15) is 24.3 Å². The molecule has 3 aromatic rings. The SMILES string of the molecule is Cc1cccc(NC(=O)[C@@H](OC(=O)c2cccc(C)c2)[C@H](OC(=O)c2cccc(C)c2)C(=O)O)c1. The van der Waals surface area contributed by atoms with Gasteiger partial charge in [0, 0.05) is 5.69 Å². The lowest BCUT2D eigenvalue weighted by Gasteiger charge is -2.23. The predicted octanol–water partition coefficient (Wildman–Crippen LogP) is 4.09. The van der Waals surface area contributed by atoms with Crippen molar-refractivity contribution in [2.45, 2.75) is 33.0 Å². The Labute approximate surface area is 202 Å². The fourth-order valence-electron chi connectivity index (χ4n) is 3.34. The Kier molecular flexibility index (Phi) is 7.99. The molecule has 0 heterocycles. The van der Waals surface area contributed by atoms with Crippen molar-refractivity contribution in [3.8, 4) is 0 Å². The van der Waals surface area contributed by atoms with E-state index in [1.54, 1.807) is 56.3 Å². The second kappa shape index (κ2) is 11.1. The number of carbonyl (C=O) groups is 4. The number of carboxylic acids is 1. The molecule has 0 fully saturated rings. The standard InChI is InChI=1S/C27H25NO7/c1-16-7-4-10-19(13-16)26(32)34-22(24(29)28-21-12-6-9-18(3)15-21)23(25(30)31)35-27(33)20-11-5-8-17(2)14-20/h4-15,22-23H,1-3H3,(H,28,29)(H,30,31)/t22-,23-/m0/s1. The van der Waals surface area contributed by atoms with Crippen LogP contribution in [0.3, 0.4) is 0 Å².